The maximum Gasteiger partial charge on any atom is 1.00 e. The van der Waals surface area contributed by atoms with Crippen molar-refractivity contribution in [2.45, 2.75) is 62.1 Å². The molecule has 222 valence electrons. The SMILES string of the molecule is CC(=O)N[C@H]1[C@H](OP(=O)([O-])OP(=O)([O-])OC[C@H]2OC(n3ccc(=O)[nH]c3=O)[C@H](O)[C@@H]2O)O[C@H](CO)[C@H](O)[C@@H]1O.[Na+].[Na+]. The zero-order valence-corrected chi connectivity index (χ0v) is 27.5. The van der Waals surface area contributed by atoms with Gasteiger partial charge in [0, 0.05) is 19.2 Å². The van der Waals surface area contributed by atoms with Gasteiger partial charge in [0.1, 0.15) is 42.7 Å². The molecule has 2 saturated heterocycles. The fourth-order valence-electron chi connectivity index (χ4n) is 3.74. The van der Waals surface area contributed by atoms with Crippen LogP contribution in [-0.4, -0.2) is 103 Å². The number of ether oxygens (including phenoxy) is 2. The van der Waals surface area contributed by atoms with Gasteiger partial charge in [-0.2, -0.15) is 0 Å². The number of aliphatic hydroxyl groups excluding tert-OH is 5. The molecule has 1 amide bonds. The quantitative estimate of drug-likeness (QED) is 0.0912. The van der Waals surface area contributed by atoms with Gasteiger partial charge in [-0.05, 0) is 0 Å². The molecule has 20 nitrogen and oxygen atoms in total. The van der Waals surface area contributed by atoms with Crippen LogP contribution in [0.3, 0.4) is 0 Å². The molecule has 0 spiro atoms. The molecule has 7 N–H and O–H groups in total. The Kier molecular flexibility index (Phi) is 15.2. The molecule has 0 saturated carbocycles. The maximum atomic E-state index is 12.3. The molecule has 3 heterocycles. The summed E-state index contributed by atoms with van der Waals surface area (Å²) in [5, 5.41) is 51.7. The minimum atomic E-state index is -5.94. The van der Waals surface area contributed by atoms with Crippen molar-refractivity contribution in [2.75, 3.05) is 13.2 Å². The standard InChI is InChI=1S/C17H27N3O17P2.2Na/c1-6(22)18-10-13(26)11(24)7(4-21)35-16(10)36-39(31,32)37-38(29,30)33-5-8-12(25)14(27)15(34-8)20-3-2-9(23)19-17(20)28;;/h2-3,7-8,10-16,21,24-27H,4-5H2,1H3,(H,18,22)(H,29,30)(H,31,32)(H,19,23,28);;/q;2*+1/p-2/t7-,8-,10-,11+,12-,13-,14-,15?,16+;;/m1../s1. The van der Waals surface area contributed by atoms with Gasteiger partial charge in [0.15, 0.2) is 12.5 Å². The minimum absolute atomic E-state index is 0. The van der Waals surface area contributed by atoms with Gasteiger partial charge in [0.2, 0.25) is 5.91 Å². The maximum absolute atomic E-state index is 12.3. The zero-order valence-electron chi connectivity index (χ0n) is 21.7. The van der Waals surface area contributed by atoms with E-state index in [0.717, 1.165) is 19.2 Å². The third-order valence-electron chi connectivity index (χ3n) is 5.54. The number of aromatic nitrogens is 2. The molecule has 0 aromatic carbocycles. The van der Waals surface area contributed by atoms with E-state index in [2.05, 4.69) is 18.7 Å². The fraction of sp³-hybridized carbons (Fsp3) is 0.706. The van der Waals surface area contributed by atoms with E-state index < -0.39 is 101 Å². The van der Waals surface area contributed by atoms with Gasteiger partial charge in [-0.3, -0.25) is 32.8 Å². The summed E-state index contributed by atoms with van der Waals surface area (Å²) in [6.45, 7) is -1.09. The van der Waals surface area contributed by atoms with Gasteiger partial charge in [-0.15, -0.1) is 0 Å². The summed E-state index contributed by atoms with van der Waals surface area (Å²) in [5.41, 5.74) is -1.79. The van der Waals surface area contributed by atoms with E-state index in [-0.39, 0.29) is 59.1 Å². The van der Waals surface area contributed by atoms with E-state index in [4.69, 9.17) is 9.47 Å². The van der Waals surface area contributed by atoms with Crippen molar-refractivity contribution in [3.05, 3.63) is 33.1 Å². The van der Waals surface area contributed by atoms with Gasteiger partial charge < -0.3 is 54.6 Å². The number of aliphatic hydroxyl groups is 5. The molecule has 0 radical (unpaired) electrons. The van der Waals surface area contributed by atoms with Gasteiger partial charge in [-0.25, -0.2) is 9.11 Å². The first-order valence-corrected chi connectivity index (χ1v) is 13.9. The summed E-state index contributed by atoms with van der Waals surface area (Å²) >= 11 is 0. The van der Waals surface area contributed by atoms with E-state index in [1.54, 1.807) is 0 Å². The van der Waals surface area contributed by atoms with Crippen molar-refractivity contribution in [1.82, 2.24) is 14.9 Å². The Morgan fingerprint density at radius 1 is 1.05 bits per heavy atom. The predicted octanol–water partition coefficient (Wildman–Crippen LogP) is -11.9. The Morgan fingerprint density at radius 3 is 2.22 bits per heavy atom. The summed E-state index contributed by atoms with van der Waals surface area (Å²) in [5.74, 6) is -0.829. The van der Waals surface area contributed by atoms with Crippen LogP contribution in [0.2, 0.25) is 0 Å². The molecule has 3 rings (SSSR count). The summed E-state index contributed by atoms with van der Waals surface area (Å²) in [7, 11) is -11.8. The molecule has 41 heavy (non-hydrogen) atoms. The average Bonchev–Trinajstić information content (AvgIpc) is 3.10. The molecule has 2 aliphatic rings. The monoisotopic (exact) mass is 651 g/mol. The molecule has 3 unspecified atom stereocenters. The molecule has 0 bridgehead atoms. The smallest absolute Gasteiger partial charge is 0.756 e. The number of hydrogen-bond donors (Lipinski definition) is 7. The van der Waals surface area contributed by atoms with E-state index in [1.165, 1.54) is 0 Å². The van der Waals surface area contributed by atoms with Gasteiger partial charge in [0.25, 0.3) is 21.2 Å². The summed E-state index contributed by atoms with van der Waals surface area (Å²) in [6.07, 6.45) is -13.4. The second kappa shape index (κ2) is 15.9. The van der Waals surface area contributed by atoms with E-state index in [1.807, 2.05) is 4.98 Å². The number of phosphoric acid groups is 2. The van der Waals surface area contributed by atoms with E-state index in [9.17, 15) is 58.8 Å². The van der Waals surface area contributed by atoms with Crippen molar-refractivity contribution >= 4 is 21.6 Å². The van der Waals surface area contributed by atoms with Crippen LogP contribution < -0.4 is 85.5 Å². The number of nitrogens with one attached hydrogen (secondary N) is 2. The Balaban J connectivity index is 0.00000420. The van der Waals surface area contributed by atoms with Crippen molar-refractivity contribution in [1.29, 1.82) is 0 Å². The van der Waals surface area contributed by atoms with Gasteiger partial charge >= 0.3 is 64.8 Å². The molecule has 2 fully saturated rings. The molecular formula is C17H25N3Na2O17P2. The summed E-state index contributed by atoms with van der Waals surface area (Å²) in [4.78, 5) is 60.9. The van der Waals surface area contributed by atoms with Crippen molar-refractivity contribution < 1.29 is 131 Å². The van der Waals surface area contributed by atoms with Gasteiger partial charge in [-0.1, -0.05) is 0 Å². The van der Waals surface area contributed by atoms with Crippen LogP contribution in [0.25, 0.3) is 0 Å². The molecule has 24 heteroatoms. The molecule has 0 aliphatic carbocycles. The molecular weight excluding hydrogens is 626 g/mol. The Labute approximate surface area is 274 Å². The van der Waals surface area contributed by atoms with Crippen LogP contribution in [-0.2, 0) is 36.8 Å². The van der Waals surface area contributed by atoms with Crippen molar-refractivity contribution in [3.63, 3.8) is 0 Å². The molecule has 1 aromatic rings. The first-order valence-electron chi connectivity index (χ1n) is 10.9. The average molecular weight is 651 g/mol. The first kappa shape index (κ1) is 39.2. The van der Waals surface area contributed by atoms with Crippen LogP contribution in [0.15, 0.2) is 21.9 Å². The predicted molar refractivity (Wildman–Crippen MR) is 116 cm³/mol. The van der Waals surface area contributed by atoms with E-state index >= 15 is 0 Å². The van der Waals surface area contributed by atoms with Crippen LogP contribution in [0.4, 0.5) is 0 Å². The topological polar surface area (TPSA) is 312 Å². The van der Waals surface area contributed by atoms with Crippen molar-refractivity contribution in [2.24, 2.45) is 0 Å². The summed E-state index contributed by atoms with van der Waals surface area (Å²) < 4.78 is 48.2. The summed E-state index contributed by atoms with van der Waals surface area (Å²) in [6, 6.07) is -0.844. The number of amides is 1. The second-order valence-corrected chi connectivity index (χ2v) is 11.3. The first-order chi connectivity index (χ1) is 18.0. The fourth-order valence-corrected chi connectivity index (χ4v) is 5.83. The largest absolute Gasteiger partial charge is 1.00 e. The molecule has 11 atom stereocenters. The van der Waals surface area contributed by atoms with Crippen LogP contribution in [0.5, 0.6) is 0 Å². The normalized spacial score (nSPS) is 34.4. The molecule has 1 aromatic heterocycles. The Hall–Kier alpha value is 0.130. The number of hydrogen-bond acceptors (Lipinski definition) is 17. The number of rotatable bonds is 10. The number of carbonyl (C=O) groups is 1. The number of aromatic amines is 1. The second-order valence-electron chi connectivity index (χ2n) is 8.37. The van der Waals surface area contributed by atoms with Crippen LogP contribution in [0.1, 0.15) is 13.2 Å². The number of nitrogens with zero attached hydrogens (tertiary/aromatic N) is 1. The van der Waals surface area contributed by atoms with Gasteiger partial charge in [0.05, 0.1) is 13.2 Å². The van der Waals surface area contributed by atoms with Crippen LogP contribution >= 0.6 is 15.6 Å². The number of carbonyl (C=O) groups excluding carboxylic acids is 1. The Morgan fingerprint density at radius 2 is 1.66 bits per heavy atom. The third kappa shape index (κ3) is 10.1. The van der Waals surface area contributed by atoms with Crippen molar-refractivity contribution in [3.8, 4) is 0 Å². The third-order valence-corrected chi connectivity index (χ3v) is 8.07. The minimum Gasteiger partial charge on any atom is -0.756 e. The number of phosphoric ester groups is 2. The Bertz CT molecular complexity index is 1250. The zero-order chi connectivity index (χ0) is 29.3. The molecule has 2 aliphatic heterocycles. The number of H-pyrrole nitrogens is 1. The van der Waals surface area contributed by atoms with Crippen LogP contribution in [0, 0.1) is 0 Å². The van der Waals surface area contributed by atoms with E-state index in [0.29, 0.717) is 4.57 Å².